The fourth-order valence-electron chi connectivity index (χ4n) is 2.99. The Morgan fingerprint density at radius 1 is 1.26 bits per heavy atom. The van der Waals surface area contributed by atoms with E-state index in [1.165, 1.54) is 0 Å². The lowest BCUT2D eigenvalue weighted by molar-refractivity contribution is -0.143. The Labute approximate surface area is 113 Å². The van der Waals surface area contributed by atoms with Gasteiger partial charge in [-0.2, -0.15) is 0 Å². The maximum Gasteiger partial charge on any atom is 0.317 e. The summed E-state index contributed by atoms with van der Waals surface area (Å²) in [5.74, 6) is -1.24. The van der Waals surface area contributed by atoms with E-state index >= 15 is 0 Å². The van der Waals surface area contributed by atoms with Crippen molar-refractivity contribution in [1.29, 1.82) is 0 Å². The molecular formula is C13H22N2O4. The molecule has 1 aliphatic heterocycles. The maximum atomic E-state index is 12.2. The SMILES string of the molecule is COC1CCCC1NC(=O)N1CCC[C@@H](C(=O)O)C1. The number of carboxylic acid groups (broad SMARTS) is 1. The van der Waals surface area contributed by atoms with Crippen LogP contribution in [0.25, 0.3) is 0 Å². The van der Waals surface area contributed by atoms with Gasteiger partial charge in [0.1, 0.15) is 0 Å². The Kier molecular flexibility index (Phi) is 4.63. The maximum absolute atomic E-state index is 12.2. The number of ether oxygens (including phenoxy) is 1. The average Bonchev–Trinajstić information content (AvgIpc) is 2.86. The Morgan fingerprint density at radius 3 is 2.74 bits per heavy atom. The molecule has 2 N–H and O–H groups in total. The molecule has 0 aromatic carbocycles. The molecule has 2 rings (SSSR count). The molecule has 19 heavy (non-hydrogen) atoms. The number of nitrogens with one attached hydrogen (secondary N) is 1. The van der Waals surface area contributed by atoms with Gasteiger partial charge in [-0.15, -0.1) is 0 Å². The number of piperidine rings is 1. The van der Waals surface area contributed by atoms with Crippen LogP contribution in [-0.2, 0) is 9.53 Å². The first kappa shape index (κ1) is 14.1. The molecule has 0 aromatic rings. The Hall–Kier alpha value is -1.30. The molecule has 0 spiro atoms. The molecule has 1 aliphatic carbocycles. The van der Waals surface area contributed by atoms with E-state index in [1.807, 2.05) is 0 Å². The minimum atomic E-state index is -0.812. The molecule has 2 amide bonds. The lowest BCUT2D eigenvalue weighted by Crippen LogP contribution is -2.51. The number of amides is 2. The van der Waals surface area contributed by atoms with Gasteiger partial charge in [-0.25, -0.2) is 4.79 Å². The van der Waals surface area contributed by atoms with Crippen LogP contribution in [0.4, 0.5) is 4.79 Å². The Morgan fingerprint density at radius 2 is 2.05 bits per heavy atom. The van der Waals surface area contributed by atoms with E-state index in [1.54, 1.807) is 12.0 Å². The van der Waals surface area contributed by atoms with Gasteiger partial charge in [0.15, 0.2) is 0 Å². The van der Waals surface area contributed by atoms with Gasteiger partial charge in [0.2, 0.25) is 0 Å². The Bertz CT molecular complexity index is 348. The highest BCUT2D eigenvalue weighted by molar-refractivity contribution is 5.76. The second-order valence-electron chi connectivity index (χ2n) is 5.38. The number of carbonyl (C=O) groups is 2. The number of carbonyl (C=O) groups excluding carboxylic acids is 1. The third kappa shape index (κ3) is 3.37. The summed E-state index contributed by atoms with van der Waals surface area (Å²) in [5, 5.41) is 12.0. The van der Waals surface area contributed by atoms with Crippen molar-refractivity contribution in [1.82, 2.24) is 10.2 Å². The van der Waals surface area contributed by atoms with E-state index in [0.29, 0.717) is 19.5 Å². The number of carboxylic acids is 1. The highest BCUT2D eigenvalue weighted by Crippen LogP contribution is 2.22. The number of hydrogen-bond acceptors (Lipinski definition) is 3. The van der Waals surface area contributed by atoms with Crippen LogP contribution < -0.4 is 5.32 Å². The zero-order valence-electron chi connectivity index (χ0n) is 11.3. The van der Waals surface area contributed by atoms with Crippen LogP contribution in [0.5, 0.6) is 0 Å². The van der Waals surface area contributed by atoms with Crippen molar-refractivity contribution in [2.75, 3.05) is 20.2 Å². The van der Waals surface area contributed by atoms with Gasteiger partial charge in [-0.3, -0.25) is 4.79 Å². The third-order valence-electron chi connectivity index (χ3n) is 4.12. The molecule has 2 fully saturated rings. The molecule has 6 nitrogen and oxygen atoms in total. The van der Waals surface area contributed by atoms with E-state index in [2.05, 4.69) is 5.32 Å². The topological polar surface area (TPSA) is 78.9 Å². The number of rotatable bonds is 3. The standard InChI is InChI=1S/C13H22N2O4/c1-19-11-6-2-5-10(11)14-13(18)15-7-3-4-9(8-15)12(16)17/h9-11H,2-8H2,1H3,(H,14,18)(H,16,17)/t9-,10?,11?/m1/s1. The van der Waals surface area contributed by atoms with Crippen molar-refractivity contribution in [3.63, 3.8) is 0 Å². The Balaban J connectivity index is 1.87. The number of nitrogens with zero attached hydrogens (tertiary/aromatic N) is 1. The third-order valence-corrected chi connectivity index (χ3v) is 4.12. The quantitative estimate of drug-likeness (QED) is 0.803. The summed E-state index contributed by atoms with van der Waals surface area (Å²) in [6.07, 6.45) is 4.45. The van der Waals surface area contributed by atoms with Crippen molar-refractivity contribution in [2.45, 2.75) is 44.2 Å². The zero-order chi connectivity index (χ0) is 13.8. The monoisotopic (exact) mass is 270 g/mol. The highest BCUT2D eigenvalue weighted by atomic mass is 16.5. The van der Waals surface area contributed by atoms with Gasteiger partial charge in [0, 0.05) is 20.2 Å². The molecule has 6 heteroatoms. The predicted molar refractivity (Wildman–Crippen MR) is 68.9 cm³/mol. The second-order valence-corrected chi connectivity index (χ2v) is 5.38. The second kappa shape index (κ2) is 6.23. The van der Waals surface area contributed by atoms with Crippen LogP contribution in [0.1, 0.15) is 32.1 Å². The fraction of sp³-hybridized carbons (Fsp3) is 0.846. The van der Waals surface area contributed by atoms with Crippen molar-refractivity contribution in [3.05, 3.63) is 0 Å². The smallest absolute Gasteiger partial charge is 0.317 e. The molecule has 0 aromatic heterocycles. The highest BCUT2D eigenvalue weighted by Gasteiger charge is 2.32. The average molecular weight is 270 g/mol. The lowest BCUT2D eigenvalue weighted by atomic mass is 9.99. The van der Waals surface area contributed by atoms with Crippen molar-refractivity contribution >= 4 is 12.0 Å². The van der Waals surface area contributed by atoms with Crippen LogP contribution in [-0.4, -0.2) is 54.4 Å². The molecular weight excluding hydrogens is 248 g/mol. The molecule has 3 atom stereocenters. The first-order valence-electron chi connectivity index (χ1n) is 6.93. The molecule has 2 unspecified atom stereocenters. The van der Waals surface area contributed by atoms with E-state index in [0.717, 1.165) is 25.7 Å². The number of likely N-dealkylation sites (tertiary alicyclic amines) is 1. The number of hydrogen-bond donors (Lipinski definition) is 2. The molecule has 1 heterocycles. The minimum absolute atomic E-state index is 0.0581. The summed E-state index contributed by atoms with van der Waals surface area (Å²) < 4.78 is 5.34. The van der Waals surface area contributed by atoms with Crippen molar-refractivity contribution in [3.8, 4) is 0 Å². The molecule has 0 bridgehead atoms. The summed E-state index contributed by atoms with van der Waals surface area (Å²) in [7, 11) is 1.66. The molecule has 1 saturated carbocycles. The summed E-state index contributed by atoms with van der Waals surface area (Å²) in [6, 6.07) is -0.0948. The molecule has 0 radical (unpaired) electrons. The molecule has 2 aliphatic rings. The van der Waals surface area contributed by atoms with E-state index < -0.39 is 11.9 Å². The first-order chi connectivity index (χ1) is 9.11. The summed E-state index contributed by atoms with van der Waals surface area (Å²) in [6.45, 7) is 0.950. The minimum Gasteiger partial charge on any atom is -0.481 e. The van der Waals surface area contributed by atoms with Gasteiger partial charge < -0.3 is 20.1 Å². The van der Waals surface area contributed by atoms with E-state index in [9.17, 15) is 9.59 Å². The first-order valence-corrected chi connectivity index (χ1v) is 6.93. The van der Waals surface area contributed by atoms with E-state index in [-0.39, 0.29) is 18.2 Å². The van der Waals surface area contributed by atoms with E-state index in [4.69, 9.17) is 9.84 Å². The summed E-state index contributed by atoms with van der Waals surface area (Å²) >= 11 is 0. The van der Waals surface area contributed by atoms with Crippen LogP contribution in [0.15, 0.2) is 0 Å². The van der Waals surface area contributed by atoms with Gasteiger partial charge in [-0.1, -0.05) is 0 Å². The zero-order valence-corrected chi connectivity index (χ0v) is 11.3. The van der Waals surface area contributed by atoms with Crippen LogP contribution in [0.2, 0.25) is 0 Å². The normalized spacial score (nSPS) is 31.2. The number of aliphatic carboxylic acids is 1. The van der Waals surface area contributed by atoms with Gasteiger partial charge in [-0.05, 0) is 32.1 Å². The number of urea groups is 1. The van der Waals surface area contributed by atoms with Gasteiger partial charge in [0.05, 0.1) is 18.1 Å². The summed E-state index contributed by atoms with van der Waals surface area (Å²) in [4.78, 5) is 24.8. The van der Waals surface area contributed by atoms with Gasteiger partial charge >= 0.3 is 12.0 Å². The van der Waals surface area contributed by atoms with Crippen LogP contribution in [0.3, 0.4) is 0 Å². The molecule has 1 saturated heterocycles. The summed E-state index contributed by atoms with van der Waals surface area (Å²) in [5.41, 5.74) is 0. The predicted octanol–water partition coefficient (Wildman–Crippen LogP) is 1.06. The van der Waals surface area contributed by atoms with Crippen LogP contribution >= 0.6 is 0 Å². The molecule has 108 valence electrons. The fourth-order valence-corrected chi connectivity index (χ4v) is 2.99. The number of methoxy groups -OCH3 is 1. The van der Waals surface area contributed by atoms with Crippen molar-refractivity contribution in [2.24, 2.45) is 5.92 Å². The van der Waals surface area contributed by atoms with Gasteiger partial charge in [0.25, 0.3) is 0 Å². The van der Waals surface area contributed by atoms with Crippen LogP contribution in [0, 0.1) is 5.92 Å². The van der Waals surface area contributed by atoms with Crippen molar-refractivity contribution < 1.29 is 19.4 Å². The largest absolute Gasteiger partial charge is 0.481 e. The lowest BCUT2D eigenvalue weighted by Gasteiger charge is -2.32.